The number of benzene rings is 1. The zero-order valence-corrected chi connectivity index (χ0v) is 12.1. The van der Waals surface area contributed by atoms with E-state index in [1.54, 1.807) is 0 Å². The number of aryl methyl sites for hydroxylation is 2. The van der Waals surface area contributed by atoms with Crippen LogP contribution < -0.4 is 5.73 Å². The van der Waals surface area contributed by atoms with Crippen molar-refractivity contribution < 1.29 is 0 Å². The third kappa shape index (κ3) is 3.04. The summed E-state index contributed by atoms with van der Waals surface area (Å²) < 4.78 is 0. The summed E-state index contributed by atoms with van der Waals surface area (Å²) in [4.78, 5) is 6.16. The monoisotopic (exact) mass is 272 g/mol. The summed E-state index contributed by atoms with van der Waals surface area (Å²) in [6.07, 6.45) is 4.68. The standard InChI is InChI=1S/C16H20N2S/c1-11(17)16-15(13-8-9-13)18-14(19-16)10-7-12-5-3-2-4-6-12/h2-6,11,13H,7-10,17H2,1H3. The van der Waals surface area contributed by atoms with Gasteiger partial charge in [0.15, 0.2) is 0 Å². The molecule has 1 heterocycles. The molecule has 3 heteroatoms. The van der Waals surface area contributed by atoms with E-state index in [2.05, 4.69) is 37.3 Å². The number of thiazole rings is 1. The quantitative estimate of drug-likeness (QED) is 0.898. The molecule has 1 aliphatic rings. The Hall–Kier alpha value is -1.19. The van der Waals surface area contributed by atoms with E-state index in [1.807, 2.05) is 11.3 Å². The van der Waals surface area contributed by atoms with Crippen LogP contribution in [0.3, 0.4) is 0 Å². The Bertz CT molecular complexity index is 522. The average Bonchev–Trinajstić information content (AvgIpc) is 3.17. The minimum atomic E-state index is 0.124. The first-order chi connectivity index (χ1) is 9.24. The van der Waals surface area contributed by atoms with Crippen molar-refractivity contribution in [2.75, 3.05) is 0 Å². The average molecular weight is 272 g/mol. The van der Waals surface area contributed by atoms with Gasteiger partial charge in [-0.3, -0.25) is 0 Å². The van der Waals surface area contributed by atoms with Gasteiger partial charge in [-0.1, -0.05) is 30.3 Å². The van der Waals surface area contributed by atoms with Gasteiger partial charge in [0, 0.05) is 23.3 Å². The first-order valence-electron chi connectivity index (χ1n) is 7.03. The Morgan fingerprint density at radius 1 is 1.26 bits per heavy atom. The first-order valence-corrected chi connectivity index (χ1v) is 7.84. The lowest BCUT2D eigenvalue weighted by atomic mass is 10.1. The van der Waals surface area contributed by atoms with Gasteiger partial charge in [-0.25, -0.2) is 4.98 Å². The van der Waals surface area contributed by atoms with Crippen LogP contribution in [0, 0.1) is 0 Å². The molecule has 1 aromatic heterocycles. The minimum absolute atomic E-state index is 0.124. The van der Waals surface area contributed by atoms with Crippen LogP contribution in [0.25, 0.3) is 0 Å². The molecule has 0 radical (unpaired) electrons. The van der Waals surface area contributed by atoms with Gasteiger partial charge in [0.05, 0.1) is 10.7 Å². The molecular weight excluding hydrogens is 252 g/mol. The Kier molecular flexibility index (Phi) is 3.67. The second-order valence-corrected chi connectivity index (χ2v) is 6.52. The third-order valence-electron chi connectivity index (χ3n) is 3.57. The van der Waals surface area contributed by atoms with Crippen LogP contribution >= 0.6 is 11.3 Å². The molecule has 1 aromatic carbocycles. The van der Waals surface area contributed by atoms with E-state index in [4.69, 9.17) is 10.7 Å². The molecule has 19 heavy (non-hydrogen) atoms. The Morgan fingerprint density at radius 2 is 2.00 bits per heavy atom. The molecule has 0 amide bonds. The van der Waals surface area contributed by atoms with E-state index in [0.29, 0.717) is 5.92 Å². The highest BCUT2D eigenvalue weighted by atomic mass is 32.1. The number of rotatable bonds is 5. The molecular formula is C16H20N2S. The van der Waals surface area contributed by atoms with Crippen molar-refractivity contribution in [3.63, 3.8) is 0 Å². The summed E-state index contributed by atoms with van der Waals surface area (Å²) >= 11 is 1.82. The van der Waals surface area contributed by atoms with Crippen LogP contribution in [-0.4, -0.2) is 4.98 Å². The summed E-state index contributed by atoms with van der Waals surface area (Å²) in [5, 5.41) is 1.25. The predicted molar refractivity (Wildman–Crippen MR) is 80.5 cm³/mol. The smallest absolute Gasteiger partial charge is 0.0935 e. The summed E-state index contributed by atoms with van der Waals surface area (Å²) in [7, 11) is 0. The van der Waals surface area contributed by atoms with E-state index < -0.39 is 0 Å². The lowest BCUT2D eigenvalue weighted by Gasteiger charge is -2.02. The Morgan fingerprint density at radius 3 is 2.63 bits per heavy atom. The molecule has 1 atom stereocenters. The van der Waals surface area contributed by atoms with Crippen molar-refractivity contribution in [1.82, 2.24) is 4.98 Å². The second kappa shape index (κ2) is 5.43. The molecule has 0 bridgehead atoms. The molecule has 100 valence electrons. The van der Waals surface area contributed by atoms with Gasteiger partial charge in [-0.05, 0) is 31.7 Å². The van der Waals surface area contributed by atoms with E-state index in [1.165, 1.54) is 34.0 Å². The van der Waals surface area contributed by atoms with E-state index in [0.717, 1.165) is 12.8 Å². The Balaban J connectivity index is 1.73. The summed E-state index contributed by atoms with van der Waals surface area (Å²) in [6, 6.07) is 10.7. The fourth-order valence-corrected chi connectivity index (χ4v) is 3.47. The highest BCUT2D eigenvalue weighted by molar-refractivity contribution is 7.11. The van der Waals surface area contributed by atoms with Crippen LogP contribution in [0.1, 0.15) is 52.9 Å². The highest BCUT2D eigenvalue weighted by Gasteiger charge is 2.30. The van der Waals surface area contributed by atoms with Gasteiger partial charge in [0.2, 0.25) is 0 Å². The zero-order chi connectivity index (χ0) is 13.2. The highest BCUT2D eigenvalue weighted by Crippen LogP contribution is 2.44. The molecule has 0 aliphatic heterocycles. The number of nitrogens with two attached hydrogens (primary N) is 1. The molecule has 1 saturated carbocycles. The molecule has 1 fully saturated rings. The molecule has 1 unspecified atom stereocenters. The maximum absolute atomic E-state index is 6.07. The van der Waals surface area contributed by atoms with Crippen LogP contribution in [0.4, 0.5) is 0 Å². The number of aromatic nitrogens is 1. The fourth-order valence-electron chi connectivity index (χ4n) is 2.37. The van der Waals surface area contributed by atoms with E-state index in [9.17, 15) is 0 Å². The molecule has 0 saturated heterocycles. The number of hydrogen-bond acceptors (Lipinski definition) is 3. The first kappa shape index (κ1) is 12.8. The van der Waals surface area contributed by atoms with Crippen molar-refractivity contribution >= 4 is 11.3 Å². The van der Waals surface area contributed by atoms with Crippen LogP contribution in [0.15, 0.2) is 30.3 Å². The van der Waals surface area contributed by atoms with Gasteiger partial charge >= 0.3 is 0 Å². The van der Waals surface area contributed by atoms with E-state index in [-0.39, 0.29) is 6.04 Å². The van der Waals surface area contributed by atoms with Crippen molar-refractivity contribution in [1.29, 1.82) is 0 Å². The fraction of sp³-hybridized carbons (Fsp3) is 0.438. The minimum Gasteiger partial charge on any atom is -0.323 e. The summed E-state index contributed by atoms with van der Waals surface area (Å²) in [5.74, 6) is 0.697. The molecule has 0 spiro atoms. The summed E-state index contributed by atoms with van der Waals surface area (Å²) in [6.45, 7) is 2.07. The number of hydrogen-bond donors (Lipinski definition) is 1. The van der Waals surface area contributed by atoms with Gasteiger partial charge in [0.1, 0.15) is 0 Å². The zero-order valence-electron chi connectivity index (χ0n) is 11.3. The lowest BCUT2D eigenvalue weighted by molar-refractivity contribution is 0.808. The summed E-state index contributed by atoms with van der Waals surface area (Å²) in [5.41, 5.74) is 8.75. The van der Waals surface area contributed by atoms with Crippen LogP contribution in [-0.2, 0) is 12.8 Å². The van der Waals surface area contributed by atoms with Crippen molar-refractivity contribution in [2.45, 2.75) is 44.6 Å². The molecule has 3 rings (SSSR count). The van der Waals surface area contributed by atoms with Crippen molar-refractivity contribution in [3.8, 4) is 0 Å². The van der Waals surface area contributed by atoms with Gasteiger partial charge < -0.3 is 5.73 Å². The third-order valence-corrected chi connectivity index (χ3v) is 4.91. The maximum atomic E-state index is 6.07. The van der Waals surface area contributed by atoms with Crippen molar-refractivity contribution in [3.05, 3.63) is 51.5 Å². The van der Waals surface area contributed by atoms with Gasteiger partial charge in [-0.2, -0.15) is 0 Å². The number of nitrogens with zero attached hydrogens (tertiary/aromatic N) is 1. The largest absolute Gasteiger partial charge is 0.323 e. The van der Waals surface area contributed by atoms with Crippen LogP contribution in [0.5, 0.6) is 0 Å². The molecule has 2 aromatic rings. The van der Waals surface area contributed by atoms with Gasteiger partial charge in [-0.15, -0.1) is 11.3 Å². The predicted octanol–water partition coefficient (Wildman–Crippen LogP) is 3.83. The lowest BCUT2D eigenvalue weighted by Crippen LogP contribution is -2.05. The van der Waals surface area contributed by atoms with Gasteiger partial charge in [0.25, 0.3) is 0 Å². The second-order valence-electron chi connectivity index (χ2n) is 5.41. The molecule has 2 nitrogen and oxygen atoms in total. The van der Waals surface area contributed by atoms with E-state index >= 15 is 0 Å². The molecule has 2 N–H and O–H groups in total. The van der Waals surface area contributed by atoms with Crippen molar-refractivity contribution in [2.24, 2.45) is 5.73 Å². The maximum Gasteiger partial charge on any atom is 0.0935 e. The topological polar surface area (TPSA) is 38.9 Å². The SMILES string of the molecule is CC(N)c1sc(CCc2ccccc2)nc1C1CC1. The Labute approximate surface area is 118 Å². The normalized spacial score (nSPS) is 16.5. The molecule has 1 aliphatic carbocycles. The van der Waals surface area contributed by atoms with Crippen LogP contribution in [0.2, 0.25) is 0 Å².